The van der Waals surface area contributed by atoms with Crippen molar-refractivity contribution in [3.05, 3.63) is 54.1 Å². The molecule has 3 rings (SSSR count). The van der Waals surface area contributed by atoms with E-state index in [0.717, 1.165) is 29.0 Å². The van der Waals surface area contributed by atoms with Crippen LogP contribution in [0, 0.1) is 23.2 Å². The van der Waals surface area contributed by atoms with Gasteiger partial charge in [-0.3, -0.25) is 9.59 Å². The minimum atomic E-state index is -3.62. The van der Waals surface area contributed by atoms with Crippen LogP contribution in [0.3, 0.4) is 0 Å². The first-order valence-electron chi connectivity index (χ1n) is 12.3. The topological polar surface area (TPSA) is 133 Å². The van der Waals surface area contributed by atoms with Crippen LogP contribution in [0.4, 0.5) is 5.69 Å². The molecule has 2 amide bonds. The molecular weight excluding hydrogens is 508 g/mol. The van der Waals surface area contributed by atoms with Gasteiger partial charge in [-0.2, -0.15) is 5.26 Å². The SMILES string of the molecule is CN(C)c1cccc(CC(Sc2ccc(S(=O)(=O)C[C@H]3CCCC[C@@H]3C(=O)NCC#N)cc2)C(N)=O)c1. The van der Waals surface area contributed by atoms with Crippen LogP contribution in [0.1, 0.15) is 31.2 Å². The van der Waals surface area contributed by atoms with Gasteiger partial charge >= 0.3 is 0 Å². The minimum absolute atomic E-state index is 0.0820. The molecule has 1 fully saturated rings. The number of nitrogens with one attached hydrogen (secondary N) is 1. The molecule has 0 aromatic heterocycles. The monoisotopic (exact) mass is 542 g/mol. The van der Waals surface area contributed by atoms with Gasteiger partial charge in [0, 0.05) is 30.6 Å². The number of hydrogen-bond acceptors (Lipinski definition) is 7. The van der Waals surface area contributed by atoms with Gasteiger partial charge in [-0.05, 0) is 67.1 Å². The first-order chi connectivity index (χ1) is 17.6. The molecule has 0 heterocycles. The molecule has 198 valence electrons. The summed E-state index contributed by atoms with van der Waals surface area (Å²) in [5.74, 6) is -1.49. The Bertz CT molecular complexity index is 1240. The van der Waals surface area contributed by atoms with Crippen molar-refractivity contribution in [3.63, 3.8) is 0 Å². The predicted octanol–water partition coefficient (Wildman–Crippen LogP) is 3.16. The van der Waals surface area contributed by atoms with Crippen molar-refractivity contribution >= 4 is 39.1 Å². The fraction of sp³-hybridized carbons (Fsp3) is 0.444. The summed E-state index contributed by atoms with van der Waals surface area (Å²) < 4.78 is 26.4. The molecule has 2 aromatic rings. The van der Waals surface area contributed by atoms with Crippen molar-refractivity contribution in [2.45, 2.75) is 47.1 Å². The van der Waals surface area contributed by atoms with Gasteiger partial charge in [0.05, 0.1) is 22.0 Å². The van der Waals surface area contributed by atoms with Gasteiger partial charge < -0.3 is 16.0 Å². The molecule has 0 aliphatic heterocycles. The zero-order chi connectivity index (χ0) is 27.0. The van der Waals surface area contributed by atoms with Gasteiger partial charge in [0.2, 0.25) is 11.8 Å². The Morgan fingerprint density at radius 3 is 2.51 bits per heavy atom. The zero-order valence-electron chi connectivity index (χ0n) is 21.2. The molecule has 0 bridgehead atoms. The molecule has 1 aliphatic rings. The summed E-state index contributed by atoms with van der Waals surface area (Å²) in [6.07, 6.45) is 3.49. The fourth-order valence-corrected chi connectivity index (χ4v) is 7.37. The number of amides is 2. The van der Waals surface area contributed by atoms with Crippen LogP contribution in [0.2, 0.25) is 0 Å². The van der Waals surface area contributed by atoms with Crippen molar-refractivity contribution < 1.29 is 18.0 Å². The second kappa shape index (κ2) is 13.0. The van der Waals surface area contributed by atoms with Crippen LogP contribution >= 0.6 is 11.8 Å². The third-order valence-corrected chi connectivity index (χ3v) is 9.73. The zero-order valence-corrected chi connectivity index (χ0v) is 22.9. The van der Waals surface area contributed by atoms with Gasteiger partial charge in [0.15, 0.2) is 9.84 Å². The Kier molecular flexibility index (Phi) is 10.0. The van der Waals surface area contributed by atoms with Gasteiger partial charge in [-0.25, -0.2) is 8.42 Å². The van der Waals surface area contributed by atoms with Gasteiger partial charge in [0.1, 0.15) is 6.54 Å². The summed E-state index contributed by atoms with van der Waals surface area (Å²) in [5.41, 5.74) is 7.70. The molecule has 37 heavy (non-hydrogen) atoms. The van der Waals surface area contributed by atoms with E-state index in [1.807, 2.05) is 49.3 Å². The third-order valence-electron chi connectivity index (χ3n) is 6.65. The Hall–Kier alpha value is -3.03. The van der Waals surface area contributed by atoms with Crippen molar-refractivity contribution in [3.8, 4) is 6.07 Å². The minimum Gasteiger partial charge on any atom is -0.378 e. The lowest BCUT2D eigenvalue weighted by Gasteiger charge is -2.30. The van der Waals surface area contributed by atoms with Gasteiger partial charge in [-0.15, -0.1) is 11.8 Å². The van der Waals surface area contributed by atoms with E-state index in [0.29, 0.717) is 19.3 Å². The number of thioether (sulfide) groups is 1. The van der Waals surface area contributed by atoms with Crippen LogP contribution < -0.4 is 16.0 Å². The molecule has 3 atom stereocenters. The summed E-state index contributed by atoms with van der Waals surface area (Å²) in [5, 5.41) is 10.8. The summed E-state index contributed by atoms with van der Waals surface area (Å²) in [4.78, 5) is 27.6. The second-order valence-corrected chi connectivity index (χ2v) is 12.9. The largest absolute Gasteiger partial charge is 0.378 e. The van der Waals surface area contributed by atoms with Crippen LogP contribution in [-0.2, 0) is 25.8 Å². The molecule has 1 aliphatic carbocycles. The Labute approximate surface area is 223 Å². The van der Waals surface area contributed by atoms with E-state index in [9.17, 15) is 18.0 Å². The molecule has 3 N–H and O–H groups in total. The summed E-state index contributed by atoms with van der Waals surface area (Å²) in [7, 11) is 0.282. The Morgan fingerprint density at radius 1 is 1.16 bits per heavy atom. The number of primary amides is 1. The van der Waals surface area contributed by atoms with E-state index in [4.69, 9.17) is 11.0 Å². The van der Waals surface area contributed by atoms with E-state index in [-0.39, 0.29) is 29.0 Å². The number of anilines is 1. The number of sulfone groups is 1. The number of nitrogens with two attached hydrogens (primary N) is 1. The highest BCUT2D eigenvalue weighted by Gasteiger charge is 2.34. The van der Waals surface area contributed by atoms with Crippen LogP contribution in [0.25, 0.3) is 0 Å². The van der Waals surface area contributed by atoms with Gasteiger partial charge in [-0.1, -0.05) is 25.0 Å². The van der Waals surface area contributed by atoms with Crippen LogP contribution in [0.15, 0.2) is 58.3 Å². The van der Waals surface area contributed by atoms with Crippen molar-refractivity contribution in [1.82, 2.24) is 5.32 Å². The maximum absolute atomic E-state index is 13.2. The smallest absolute Gasteiger partial charge is 0.231 e. The number of hydrogen-bond donors (Lipinski definition) is 2. The lowest BCUT2D eigenvalue weighted by molar-refractivity contribution is -0.127. The van der Waals surface area contributed by atoms with Crippen LogP contribution in [-0.4, -0.2) is 51.9 Å². The number of rotatable bonds is 11. The van der Waals surface area contributed by atoms with Gasteiger partial charge in [0.25, 0.3) is 0 Å². The molecule has 0 saturated heterocycles. The third kappa shape index (κ3) is 7.98. The first-order valence-corrected chi connectivity index (χ1v) is 14.8. The van der Waals surface area contributed by atoms with Crippen molar-refractivity contribution in [2.75, 3.05) is 31.3 Å². The molecule has 0 spiro atoms. The standard InChI is InChI=1S/C27H34N4O4S2/c1-31(2)21-8-5-6-19(16-21)17-25(26(29)32)36-22-10-12-23(13-11-22)37(34,35)18-20-7-3-4-9-24(20)27(33)30-15-14-28/h5-6,8,10-13,16,20,24-25H,3-4,7,9,15,17-18H2,1-2H3,(H2,29,32)(H,30,33)/t20-,24+,25?/m1/s1. The summed E-state index contributed by atoms with van der Waals surface area (Å²) in [6, 6.07) is 16.3. The van der Waals surface area contributed by atoms with Crippen molar-refractivity contribution in [1.29, 1.82) is 5.26 Å². The number of carbonyl (C=O) groups excluding carboxylic acids is 2. The number of benzene rings is 2. The lowest BCUT2D eigenvalue weighted by Crippen LogP contribution is -2.39. The molecule has 1 unspecified atom stereocenters. The molecule has 2 aromatic carbocycles. The second-order valence-electron chi connectivity index (χ2n) is 9.56. The normalized spacial score (nSPS) is 18.4. The number of carbonyl (C=O) groups is 2. The number of nitriles is 1. The number of nitrogens with zero attached hydrogens (tertiary/aromatic N) is 2. The van der Waals surface area contributed by atoms with E-state index < -0.39 is 26.9 Å². The Morgan fingerprint density at radius 2 is 1.86 bits per heavy atom. The summed E-state index contributed by atoms with van der Waals surface area (Å²) >= 11 is 1.31. The van der Waals surface area contributed by atoms with Crippen LogP contribution in [0.5, 0.6) is 0 Å². The molecule has 1 saturated carbocycles. The highest BCUT2D eigenvalue weighted by atomic mass is 32.2. The highest BCUT2D eigenvalue weighted by molar-refractivity contribution is 8.00. The lowest BCUT2D eigenvalue weighted by atomic mass is 9.80. The van der Waals surface area contributed by atoms with E-state index in [1.54, 1.807) is 24.3 Å². The quantitative estimate of drug-likeness (QED) is 0.329. The van der Waals surface area contributed by atoms with E-state index >= 15 is 0 Å². The highest BCUT2D eigenvalue weighted by Crippen LogP contribution is 2.33. The molecule has 8 nitrogen and oxygen atoms in total. The first kappa shape index (κ1) is 28.5. The molecule has 0 radical (unpaired) electrons. The Balaban J connectivity index is 1.69. The maximum atomic E-state index is 13.2. The molecular formula is C27H34N4O4S2. The average Bonchev–Trinajstić information content (AvgIpc) is 2.87. The fourth-order valence-electron chi connectivity index (χ4n) is 4.65. The summed E-state index contributed by atoms with van der Waals surface area (Å²) in [6.45, 7) is -0.0820. The maximum Gasteiger partial charge on any atom is 0.231 e. The van der Waals surface area contributed by atoms with E-state index in [1.165, 1.54) is 11.8 Å². The average molecular weight is 543 g/mol. The predicted molar refractivity (Wildman–Crippen MR) is 146 cm³/mol. The van der Waals surface area contributed by atoms with E-state index in [2.05, 4.69) is 5.32 Å². The molecule has 10 heteroatoms. The van der Waals surface area contributed by atoms with Crippen molar-refractivity contribution in [2.24, 2.45) is 17.6 Å².